The molecule has 0 aliphatic rings. The molecule has 32 heavy (non-hydrogen) atoms. The van der Waals surface area contributed by atoms with Gasteiger partial charge in [0.2, 0.25) is 11.8 Å². The first kappa shape index (κ1) is 25.9. The van der Waals surface area contributed by atoms with Gasteiger partial charge in [-0.1, -0.05) is 82.1 Å². The van der Waals surface area contributed by atoms with Crippen molar-refractivity contribution in [1.29, 1.82) is 0 Å². The molecule has 1 unspecified atom stereocenters. The zero-order valence-corrected chi connectivity index (χ0v) is 20.6. The van der Waals surface area contributed by atoms with Gasteiger partial charge >= 0.3 is 0 Å². The number of halogens is 1. The molecule has 2 amide bonds. The van der Waals surface area contributed by atoms with Gasteiger partial charge in [-0.15, -0.1) is 0 Å². The number of carbonyl (C=O) groups excluding carboxylic acids is 2. The van der Waals surface area contributed by atoms with E-state index in [0.29, 0.717) is 43.3 Å². The molecule has 1 atom stereocenters. The normalized spacial score (nSPS) is 11.9. The summed E-state index contributed by atoms with van der Waals surface area (Å²) >= 11 is 6.03. The van der Waals surface area contributed by atoms with E-state index in [2.05, 4.69) is 50.4 Å². The minimum Gasteiger partial charge on any atom is -0.354 e. The fourth-order valence-corrected chi connectivity index (χ4v) is 3.80. The monoisotopic (exact) mass is 456 g/mol. The maximum absolute atomic E-state index is 13.3. The highest BCUT2D eigenvalue weighted by Crippen LogP contribution is 2.19. The number of benzene rings is 2. The fraction of sp³-hybridized carbons (Fsp3) is 0.481. The van der Waals surface area contributed by atoms with E-state index in [-0.39, 0.29) is 11.8 Å². The Morgan fingerprint density at radius 3 is 2.16 bits per heavy atom. The zero-order valence-electron chi connectivity index (χ0n) is 19.9. The summed E-state index contributed by atoms with van der Waals surface area (Å²) in [5, 5.41) is 3.66. The van der Waals surface area contributed by atoms with Gasteiger partial charge in [-0.25, -0.2) is 0 Å². The second-order valence-corrected chi connectivity index (χ2v) is 9.05. The third kappa shape index (κ3) is 7.98. The van der Waals surface area contributed by atoms with E-state index in [1.54, 1.807) is 4.90 Å². The van der Waals surface area contributed by atoms with E-state index in [1.807, 2.05) is 31.2 Å². The van der Waals surface area contributed by atoms with Gasteiger partial charge in [0.25, 0.3) is 0 Å². The lowest BCUT2D eigenvalue weighted by Crippen LogP contribution is -2.49. The summed E-state index contributed by atoms with van der Waals surface area (Å²) in [6, 6.07) is 15.4. The Morgan fingerprint density at radius 2 is 1.59 bits per heavy atom. The SMILES string of the molecule is CCCCNC(=O)C(CC)N(Cc1ccc(Cl)cc1)C(=O)CCc1ccc(C(C)C)cc1. The molecular weight excluding hydrogens is 420 g/mol. The molecular formula is C27H37ClN2O2. The maximum Gasteiger partial charge on any atom is 0.242 e. The number of rotatable bonds is 12. The Labute approximate surface area is 198 Å². The van der Waals surface area contributed by atoms with Crippen LogP contribution in [0.1, 0.15) is 76.0 Å². The lowest BCUT2D eigenvalue weighted by atomic mass is 10.00. The van der Waals surface area contributed by atoms with Crippen LogP contribution in [0.4, 0.5) is 0 Å². The summed E-state index contributed by atoms with van der Waals surface area (Å²) in [5.41, 5.74) is 3.39. The van der Waals surface area contributed by atoms with Crippen LogP contribution in [0.15, 0.2) is 48.5 Å². The Balaban J connectivity index is 2.14. The van der Waals surface area contributed by atoms with Crippen molar-refractivity contribution in [2.45, 2.75) is 78.3 Å². The predicted molar refractivity (Wildman–Crippen MR) is 133 cm³/mol. The largest absolute Gasteiger partial charge is 0.354 e. The van der Waals surface area contributed by atoms with Gasteiger partial charge in [-0.3, -0.25) is 9.59 Å². The van der Waals surface area contributed by atoms with Crippen LogP contribution in [0.5, 0.6) is 0 Å². The third-order valence-electron chi connectivity index (χ3n) is 5.76. The molecule has 0 aliphatic carbocycles. The first-order valence-electron chi connectivity index (χ1n) is 11.8. The second-order valence-electron chi connectivity index (χ2n) is 8.61. The number of nitrogens with one attached hydrogen (secondary N) is 1. The molecule has 0 fully saturated rings. The summed E-state index contributed by atoms with van der Waals surface area (Å²) in [5.74, 6) is 0.395. The summed E-state index contributed by atoms with van der Waals surface area (Å²) in [6.07, 6.45) is 3.54. The molecule has 2 rings (SSSR count). The lowest BCUT2D eigenvalue weighted by Gasteiger charge is -2.31. The topological polar surface area (TPSA) is 49.4 Å². The molecule has 0 heterocycles. The molecule has 0 saturated heterocycles. The Kier molecular flexibility index (Phi) is 10.8. The molecule has 0 aliphatic heterocycles. The number of amides is 2. The Hall–Kier alpha value is -2.33. The van der Waals surface area contributed by atoms with Gasteiger partial charge in [0.05, 0.1) is 0 Å². The van der Waals surface area contributed by atoms with E-state index in [4.69, 9.17) is 11.6 Å². The van der Waals surface area contributed by atoms with Crippen LogP contribution >= 0.6 is 11.6 Å². The van der Waals surface area contributed by atoms with E-state index >= 15 is 0 Å². The molecule has 174 valence electrons. The molecule has 0 radical (unpaired) electrons. The first-order valence-corrected chi connectivity index (χ1v) is 12.1. The van der Waals surface area contributed by atoms with Crippen LogP contribution in [0.25, 0.3) is 0 Å². The van der Waals surface area contributed by atoms with E-state index in [9.17, 15) is 9.59 Å². The third-order valence-corrected chi connectivity index (χ3v) is 6.01. The van der Waals surface area contributed by atoms with E-state index in [1.165, 1.54) is 5.56 Å². The van der Waals surface area contributed by atoms with Gasteiger partial charge in [-0.2, -0.15) is 0 Å². The highest BCUT2D eigenvalue weighted by Gasteiger charge is 2.28. The number of aryl methyl sites for hydroxylation is 1. The minimum absolute atomic E-state index is 0.00891. The molecule has 4 nitrogen and oxygen atoms in total. The molecule has 0 saturated carbocycles. The second kappa shape index (κ2) is 13.3. The molecule has 0 aromatic heterocycles. The summed E-state index contributed by atoms with van der Waals surface area (Å²) in [6.45, 7) is 9.41. The molecule has 0 bridgehead atoms. The lowest BCUT2D eigenvalue weighted by molar-refractivity contribution is -0.141. The van der Waals surface area contributed by atoms with Crippen LogP contribution in [0.3, 0.4) is 0 Å². The average Bonchev–Trinajstić information content (AvgIpc) is 2.79. The van der Waals surface area contributed by atoms with Crippen LogP contribution in [-0.4, -0.2) is 29.3 Å². The molecule has 5 heteroatoms. The number of unbranched alkanes of at least 4 members (excludes halogenated alkanes) is 1. The van der Waals surface area contributed by atoms with Crippen molar-refractivity contribution in [2.75, 3.05) is 6.54 Å². The summed E-state index contributed by atoms with van der Waals surface area (Å²) in [7, 11) is 0. The summed E-state index contributed by atoms with van der Waals surface area (Å²) in [4.78, 5) is 27.9. The number of hydrogen-bond acceptors (Lipinski definition) is 2. The molecule has 2 aromatic carbocycles. The molecule has 0 spiro atoms. The van der Waals surface area contributed by atoms with Gasteiger partial charge in [0.15, 0.2) is 0 Å². The minimum atomic E-state index is -0.488. The van der Waals surface area contributed by atoms with Gasteiger partial charge < -0.3 is 10.2 Å². The van der Waals surface area contributed by atoms with Crippen molar-refractivity contribution in [3.05, 3.63) is 70.2 Å². The van der Waals surface area contributed by atoms with Crippen LogP contribution < -0.4 is 5.32 Å². The van der Waals surface area contributed by atoms with Crippen molar-refractivity contribution < 1.29 is 9.59 Å². The highest BCUT2D eigenvalue weighted by molar-refractivity contribution is 6.30. The number of carbonyl (C=O) groups is 2. The smallest absolute Gasteiger partial charge is 0.242 e. The van der Waals surface area contributed by atoms with Crippen molar-refractivity contribution in [1.82, 2.24) is 10.2 Å². The standard InChI is InChI=1S/C27H37ClN2O2/c1-5-7-18-29-27(32)25(6-2)30(19-22-10-15-24(28)16-11-22)26(31)17-12-21-8-13-23(14-9-21)20(3)4/h8-11,13-16,20,25H,5-7,12,17-19H2,1-4H3,(H,29,32). The van der Waals surface area contributed by atoms with Crippen LogP contribution in [0.2, 0.25) is 5.02 Å². The maximum atomic E-state index is 13.3. The van der Waals surface area contributed by atoms with Crippen LogP contribution in [0, 0.1) is 0 Å². The van der Waals surface area contributed by atoms with Crippen molar-refractivity contribution >= 4 is 23.4 Å². The van der Waals surface area contributed by atoms with Crippen LogP contribution in [-0.2, 0) is 22.6 Å². The van der Waals surface area contributed by atoms with Crippen molar-refractivity contribution in [3.63, 3.8) is 0 Å². The fourth-order valence-electron chi connectivity index (χ4n) is 3.68. The zero-order chi connectivity index (χ0) is 23.5. The first-order chi connectivity index (χ1) is 15.3. The quantitative estimate of drug-likeness (QED) is 0.391. The van der Waals surface area contributed by atoms with E-state index < -0.39 is 6.04 Å². The van der Waals surface area contributed by atoms with Crippen molar-refractivity contribution in [3.8, 4) is 0 Å². The van der Waals surface area contributed by atoms with Gasteiger partial charge in [0.1, 0.15) is 6.04 Å². The summed E-state index contributed by atoms with van der Waals surface area (Å²) < 4.78 is 0. The van der Waals surface area contributed by atoms with Gasteiger partial charge in [0, 0.05) is 24.5 Å². The molecule has 2 aromatic rings. The van der Waals surface area contributed by atoms with Crippen molar-refractivity contribution in [2.24, 2.45) is 0 Å². The Bertz CT molecular complexity index is 847. The highest BCUT2D eigenvalue weighted by atomic mass is 35.5. The number of hydrogen-bond donors (Lipinski definition) is 1. The predicted octanol–water partition coefficient (Wildman–Crippen LogP) is 6.12. The molecule has 1 N–H and O–H groups in total. The average molecular weight is 457 g/mol. The van der Waals surface area contributed by atoms with Gasteiger partial charge in [-0.05, 0) is 54.0 Å². The van der Waals surface area contributed by atoms with E-state index in [0.717, 1.165) is 24.0 Å². The Morgan fingerprint density at radius 1 is 0.969 bits per heavy atom. The number of nitrogens with zero attached hydrogens (tertiary/aromatic N) is 1.